The van der Waals surface area contributed by atoms with Gasteiger partial charge in [-0.25, -0.2) is 0 Å². The van der Waals surface area contributed by atoms with Gasteiger partial charge in [0.1, 0.15) is 0 Å². The zero-order valence-electron chi connectivity index (χ0n) is 10.2. The van der Waals surface area contributed by atoms with E-state index in [1.54, 1.807) is 26.4 Å². The molecule has 0 bridgehead atoms. The lowest BCUT2D eigenvalue weighted by Gasteiger charge is -2.22. The van der Waals surface area contributed by atoms with Crippen molar-refractivity contribution in [3.63, 3.8) is 0 Å². The summed E-state index contributed by atoms with van der Waals surface area (Å²) in [6.07, 6.45) is -0.284. The highest BCUT2D eigenvalue weighted by Crippen LogP contribution is 2.20. The van der Waals surface area contributed by atoms with Crippen LogP contribution >= 0.6 is 23.2 Å². The first-order valence-corrected chi connectivity index (χ1v) is 6.07. The second kappa shape index (κ2) is 7.19. The van der Waals surface area contributed by atoms with Crippen LogP contribution in [0, 0.1) is 0 Å². The van der Waals surface area contributed by atoms with E-state index >= 15 is 0 Å². The Balaban J connectivity index is 2.57. The molecule has 1 rings (SSSR count). The van der Waals surface area contributed by atoms with Crippen LogP contribution < -0.4 is 5.32 Å². The molecule has 0 fully saturated rings. The quantitative estimate of drug-likeness (QED) is 0.811. The maximum absolute atomic E-state index is 6.07. The van der Waals surface area contributed by atoms with Gasteiger partial charge in [-0.1, -0.05) is 23.2 Å². The fraction of sp³-hybridized carbons (Fsp3) is 0.500. The van der Waals surface area contributed by atoms with E-state index < -0.39 is 0 Å². The number of hydrogen-bond acceptors (Lipinski definition) is 3. The summed E-state index contributed by atoms with van der Waals surface area (Å²) in [5.74, 6) is 0. The SMILES string of the molecule is COC(OC)C(C)NCc1cc(Cl)ccc1Cl. The predicted octanol–water partition coefficient (Wildman–Crippen LogP) is 3.09. The third kappa shape index (κ3) is 4.45. The zero-order valence-corrected chi connectivity index (χ0v) is 11.7. The molecule has 3 nitrogen and oxygen atoms in total. The Hall–Kier alpha value is -0.320. The summed E-state index contributed by atoms with van der Waals surface area (Å²) >= 11 is 12.0. The first kappa shape index (κ1) is 14.7. The molecule has 17 heavy (non-hydrogen) atoms. The van der Waals surface area contributed by atoms with E-state index in [1.165, 1.54) is 0 Å². The summed E-state index contributed by atoms with van der Waals surface area (Å²) < 4.78 is 10.3. The van der Waals surface area contributed by atoms with Crippen molar-refractivity contribution in [2.24, 2.45) is 0 Å². The monoisotopic (exact) mass is 277 g/mol. The highest BCUT2D eigenvalue weighted by Gasteiger charge is 2.15. The van der Waals surface area contributed by atoms with Crippen LogP contribution in [0.25, 0.3) is 0 Å². The van der Waals surface area contributed by atoms with Gasteiger partial charge in [0, 0.05) is 30.8 Å². The Morgan fingerprint density at radius 3 is 2.47 bits per heavy atom. The van der Waals surface area contributed by atoms with E-state index in [-0.39, 0.29) is 12.3 Å². The number of ether oxygens (including phenoxy) is 2. The second-order valence-corrected chi connectivity index (χ2v) is 4.59. The summed E-state index contributed by atoms with van der Waals surface area (Å²) in [6, 6.07) is 5.46. The van der Waals surface area contributed by atoms with Gasteiger partial charge in [0.25, 0.3) is 0 Å². The molecule has 5 heteroatoms. The number of rotatable bonds is 6. The van der Waals surface area contributed by atoms with Gasteiger partial charge in [-0.3, -0.25) is 0 Å². The Labute approximate surface area is 112 Å². The van der Waals surface area contributed by atoms with E-state index in [2.05, 4.69) is 5.32 Å². The normalized spacial score (nSPS) is 13.1. The minimum atomic E-state index is -0.284. The molecule has 1 atom stereocenters. The third-order valence-electron chi connectivity index (χ3n) is 2.50. The minimum Gasteiger partial charge on any atom is -0.354 e. The first-order chi connectivity index (χ1) is 8.08. The summed E-state index contributed by atoms with van der Waals surface area (Å²) in [5.41, 5.74) is 0.956. The van der Waals surface area contributed by atoms with Crippen LogP contribution in [0.4, 0.5) is 0 Å². The van der Waals surface area contributed by atoms with Gasteiger partial charge in [0.2, 0.25) is 0 Å². The molecule has 0 radical (unpaired) electrons. The third-order valence-corrected chi connectivity index (χ3v) is 3.10. The summed E-state index contributed by atoms with van der Waals surface area (Å²) in [5, 5.41) is 4.65. The average molecular weight is 278 g/mol. The fourth-order valence-corrected chi connectivity index (χ4v) is 1.93. The van der Waals surface area contributed by atoms with Crippen LogP contribution in [-0.2, 0) is 16.0 Å². The van der Waals surface area contributed by atoms with Crippen LogP contribution in [-0.4, -0.2) is 26.6 Å². The molecule has 0 amide bonds. The van der Waals surface area contributed by atoms with E-state index in [9.17, 15) is 0 Å². The number of nitrogens with one attached hydrogen (secondary N) is 1. The van der Waals surface area contributed by atoms with Gasteiger partial charge in [-0.15, -0.1) is 0 Å². The highest BCUT2D eigenvalue weighted by atomic mass is 35.5. The molecule has 1 N–H and O–H groups in total. The molecular weight excluding hydrogens is 261 g/mol. The molecule has 1 aromatic carbocycles. The molecule has 0 saturated carbocycles. The van der Waals surface area contributed by atoms with E-state index in [1.807, 2.05) is 13.0 Å². The van der Waals surface area contributed by atoms with E-state index in [4.69, 9.17) is 32.7 Å². The zero-order chi connectivity index (χ0) is 12.8. The molecule has 0 aromatic heterocycles. The molecule has 0 saturated heterocycles. The molecule has 0 spiro atoms. The molecule has 0 aliphatic rings. The van der Waals surface area contributed by atoms with Crippen molar-refractivity contribution in [3.05, 3.63) is 33.8 Å². The van der Waals surface area contributed by atoms with Crippen molar-refractivity contribution in [1.29, 1.82) is 0 Å². The van der Waals surface area contributed by atoms with Gasteiger partial charge in [-0.05, 0) is 30.7 Å². The first-order valence-electron chi connectivity index (χ1n) is 5.31. The Morgan fingerprint density at radius 1 is 1.24 bits per heavy atom. The van der Waals surface area contributed by atoms with E-state index in [0.717, 1.165) is 5.56 Å². The van der Waals surface area contributed by atoms with Crippen molar-refractivity contribution < 1.29 is 9.47 Å². The van der Waals surface area contributed by atoms with E-state index in [0.29, 0.717) is 16.6 Å². The number of methoxy groups -OCH3 is 2. The predicted molar refractivity (Wildman–Crippen MR) is 70.6 cm³/mol. The van der Waals surface area contributed by atoms with Gasteiger partial charge in [0.15, 0.2) is 6.29 Å². The maximum atomic E-state index is 6.07. The fourth-order valence-electron chi connectivity index (χ4n) is 1.55. The van der Waals surface area contributed by atoms with Crippen molar-refractivity contribution in [2.45, 2.75) is 25.8 Å². The van der Waals surface area contributed by atoms with Gasteiger partial charge < -0.3 is 14.8 Å². The van der Waals surface area contributed by atoms with Crippen molar-refractivity contribution in [3.8, 4) is 0 Å². The van der Waals surface area contributed by atoms with Crippen LogP contribution in [0.15, 0.2) is 18.2 Å². The molecule has 1 unspecified atom stereocenters. The van der Waals surface area contributed by atoms with Crippen molar-refractivity contribution in [1.82, 2.24) is 5.32 Å². The summed E-state index contributed by atoms with van der Waals surface area (Å²) in [6.45, 7) is 2.60. The van der Waals surface area contributed by atoms with Crippen LogP contribution in [0.3, 0.4) is 0 Å². The van der Waals surface area contributed by atoms with Crippen LogP contribution in [0.2, 0.25) is 10.0 Å². The lowest BCUT2D eigenvalue weighted by Crippen LogP contribution is -2.39. The Morgan fingerprint density at radius 2 is 1.88 bits per heavy atom. The molecular formula is C12H17Cl2NO2. The van der Waals surface area contributed by atoms with Crippen LogP contribution in [0.5, 0.6) is 0 Å². The van der Waals surface area contributed by atoms with Gasteiger partial charge in [-0.2, -0.15) is 0 Å². The highest BCUT2D eigenvalue weighted by molar-refractivity contribution is 6.33. The summed E-state index contributed by atoms with van der Waals surface area (Å²) in [4.78, 5) is 0. The molecule has 96 valence electrons. The number of hydrogen-bond donors (Lipinski definition) is 1. The van der Waals surface area contributed by atoms with Gasteiger partial charge >= 0.3 is 0 Å². The van der Waals surface area contributed by atoms with Crippen molar-refractivity contribution >= 4 is 23.2 Å². The number of halogens is 2. The molecule has 1 aromatic rings. The summed E-state index contributed by atoms with van der Waals surface area (Å²) in [7, 11) is 3.22. The smallest absolute Gasteiger partial charge is 0.171 e. The van der Waals surface area contributed by atoms with Crippen molar-refractivity contribution in [2.75, 3.05) is 14.2 Å². The maximum Gasteiger partial charge on any atom is 0.171 e. The lowest BCUT2D eigenvalue weighted by atomic mass is 10.2. The standard InChI is InChI=1S/C12H17Cl2NO2/c1-8(12(16-2)17-3)15-7-9-6-10(13)4-5-11(9)14/h4-6,8,12,15H,7H2,1-3H3. The molecule has 0 aliphatic carbocycles. The minimum absolute atomic E-state index is 0.0556. The molecule has 0 heterocycles. The largest absolute Gasteiger partial charge is 0.354 e. The van der Waals surface area contributed by atoms with Gasteiger partial charge in [0.05, 0.1) is 6.04 Å². The number of benzene rings is 1. The molecule has 0 aliphatic heterocycles. The Kier molecular flexibility index (Phi) is 6.23. The lowest BCUT2D eigenvalue weighted by molar-refractivity contribution is -0.119. The topological polar surface area (TPSA) is 30.5 Å². The second-order valence-electron chi connectivity index (χ2n) is 3.75. The van der Waals surface area contributed by atoms with Crippen LogP contribution in [0.1, 0.15) is 12.5 Å². The Bertz CT molecular complexity index is 356. The average Bonchev–Trinajstić information content (AvgIpc) is 2.32.